The van der Waals surface area contributed by atoms with Crippen molar-refractivity contribution in [3.63, 3.8) is 0 Å². The van der Waals surface area contributed by atoms with Gasteiger partial charge in [0.15, 0.2) is 11.5 Å². The third kappa shape index (κ3) is 5.59. The molecule has 0 heterocycles. The first kappa shape index (κ1) is 16.6. The highest BCUT2D eigenvalue weighted by atomic mass is 79.9. The van der Waals surface area contributed by atoms with Gasteiger partial charge in [0.1, 0.15) is 6.61 Å². The quantitative estimate of drug-likeness (QED) is 0.486. The fourth-order valence-electron chi connectivity index (χ4n) is 1.59. The molecule has 0 unspecified atom stereocenters. The monoisotopic (exact) mass is 350 g/mol. The Labute approximate surface area is 128 Å². The first-order valence-electron chi connectivity index (χ1n) is 6.35. The van der Waals surface area contributed by atoms with Gasteiger partial charge >= 0.3 is 0 Å². The number of ether oxygens (including phenoxy) is 3. The van der Waals surface area contributed by atoms with E-state index in [9.17, 15) is 0 Å². The van der Waals surface area contributed by atoms with Gasteiger partial charge in [0, 0.05) is 28.6 Å². The van der Waals surface area contributed by atoms with Gasteiger partial charge < -0.3 is 14.2 Å². The number of hydrogen-bond donors (Lipinski definition) is 0. The van der Waals surface area contributed by atoms with Crippen LogP contribution in [0.5, 0.6) is 11.5 Å². The molecule has 19 heavy (non-hydrogen) atoms. The van der Waals surface area contributed by atoms with E-state index in [0.717, 1.165) is 30.8 Å². The first-order chi connectivity index (χ1) is 9.22. The molecule has 0 aliphatic carbocycles. The largest absolute Gasteiger partial charge is 0.493 e. The Kier molecular flexibility index (Phi) is 8.26. The molecule has 0 spiro atoms. The molecule has 108 valence electrons. The summed E-state index contributed by atoms with van der Waals surface area (Å²) >= 11 is 9.44. The molecule has 0 bridgehead atoms. The van der Waals surface area contributed by atoms with Crippen molar-refractivity contribution in [3.05, 3.63) is 22.7 Å². The lowest BCUT2D eigenvalue weighted by atomic mass is 10.2. The van der Waals surface area contributed by atoms with E-state index in [2.05, 4.69) is 22.9 Å². The van der Waals surface area contributed by atoms with Gasteiger partial charge in [-0.25, -0.2) is 0 Å². The van der Waals surface area contributed by atoms with Gasteiger partial charge in [-0.1, -0.05) is 40.9 Å². The second kappa shape index (κ2) is 9.45. The van der Waals surface area contributed by atoms with Gasteiger partial charge in [-0.15, -0.1) is 0 Å². The highest BCUT2D eigenvalue weighted by Crippen LogP contribution is 2.35. The van der Waals surface area contributed by atoms with Gasteiger partial charge in [-0.05, 0) is 12.5 Å². The highest BCUT2D eigenvalue weighted by molar-refractivity contribution is 9.08. The van der Waals surface area contributed by atoms with Crippen LogP contribution < -0.4 is 9.47 Å². The van der Waals surface area contributed by atoms with Crippen LogP contribution in [0, 0.1) is 0 Å². The Morgan fingerprint density at radius 3 is 2.63 bits per heavy atom. The van der Waals surface area contributed by atoms with Crippen LogP contribution in [0.15, 0.2) is 12.1 Å². The number of benzene rings is 1. The molecular formula is C14H20BrClO3. The molecule has 1 aromatic rings. The molecule has 0 aliphatic rings. The summed E-state index contributed by atoms with van der Waals surface area (Å²) in [5, 5.41) is 1.30. The van der Waals surface area contributed by atoms with Crippen molar-refractivity contribution in [2.75, 3.05) is 26.9 Å². The maximum absolute atomic E-state index is 6.02. The summed E-state index contributed by atoms with van der Waals surface area (Å²) in [6.07, 6.45) is 2.22. The van der Waals surface area contributed by atoms with Crippen molar-refractivity contribution in [1.29, 1.82) is 0 Å². The zero-order valence-corrected chi connectivity index (χ0v) is 13.7. The Balaban J connectivity index is 2.56. The number of alkyl halides is 1. The molecule has 1 aromatic carbocycles. The van der Waals surface area contributed by atoms with E-state index in [4.69, 9.17) is 25.8 Å². The Hall–Kier alpha value is -0.450. The standard InChI is InChI=1S/C14H20BrClO3/c1-3-4-5-18-6-7-19-14-11(10-15)8-12(16)9-13(14)17-2/h8-9H,3-7,10H2,1-2H3. The maximum atomic E-state index is 6.02. The van der Waals surface area contributed by atoms with Crippen LogP contribution in [0.4, 0.5) is 0 Å². The Morgan fingerprint density at radius 1 is 1.21 bits per heavy atom. The number of hydrogen-bond acceptors (Lipinski definition) is 3. The van der Waals surface area contributed by atoms with Crippen molar-refractivity contribution in [2.45, 2.75) is 25.1 Å². The van der Waals surface area contributed by atoms with Crippen LogP contribution in [-0.2, 0) is 10.1 Å². The molecule has 0 fully saturated rings. The fraction of sp³-hybridized carbons (Fsp3) is 0.571. The Morgan fingerprint density at radius 2 is 2.00 bits per heavy atom. The minimum absolute atomic E-state index is 0.502. The minimum atomic E-state index is 0.502. The molecule has 0 saturated heterocycles. The van der Waals surface area contributed by atoms with Crippen molar-refractivity contribution in [1.82, 2.24) is 0 Å². The summed E-state index contributed by atoms with van der Waals surface area (Å²) in [4.78, 5) is 0. The first-order valence-corrected chi connectivity index (χ1v) is 7.85. The average Bonchev–Trinajstić information content (AvgIpc) is 2.43. The smallest absolute Gasteiger partial charge is 0.165 e. The third-order valence-electron chi connectivity index (χ3n) is 2.58. The van der Waals surface area contributed by atoms with E-state index >= 15 is 0 Å². The van der Waals surface area contributed by atoms with Crippen molar-refractivity contribution in [3.8, 4) is 11.5 Å². The molecule has 0 N–H and O–H groups in total. The zero-order chi connectivity index (χ0) is 14.1. The van der Waals surface area contributed by atoms with E-state index < -0.39 is 0 Å². The molecule has 0 radical (unpaired) electrons. The van der Waals surface area contributed by atoms with Crippen LogP contribution >= 0.6 is 27.5 Å². The molecule has 0 saturated carbocycles. The number of halogens is 2. The van der Waals surface area contributed by atoms with E-state index in [1.807, 2.05) is 6.07 Å². The van der Waals surface area contributed by atoms with Gasteiger partial charge in [0.05, 0.1) is 13.7 Å². The number of rotatable bonds is 9. The van der Waals surface area contributed by atoms with Crippen LogP contribution in [0.25, 0.3) is 0 Å². The van der Waals surface area contributed by atoms with E-state index in [0.29, 0.717) is 29.3 Å². The lowest BCUT2D eigenvalue weighted by Crippen LogP contribution is -2.09. The summed E-state index contributed by atoms with van der Waals surface area (Å²) in [5.74, 6) is 1.37. The predicted octanol–water partition coefficient (Wildman–Crippen LogP) is 4.44. The van der Waals surface area contributed by atoms with Crippen molar-refractivity contribution < 1.29 is 14.2 Å². The van der Waals surface area contributed by atoms with Crippen molar-refractivity contribution in [2.24, 2.45) is 0 Å². The van der Waals surface area contributed by atoms with Gasteiger partial charge in [0.2, 0.25) is 0 Å². The average molecular weight is 352 g/mol. The lowest BCUT2D eigenvalue weighted by molar-refractivity contribution is 0.0967. The van der Waals surface area contributed by atoms with Crippen LogP contribution in [0.2, 0.25) is 5.02 Å². The third-order valence-corrected chi connectivity index (χ3v) is 3.40. The molecule has 0 atom stereocenters. The second-order valence-electron chi connectivity index (χ2n) is 4.04. The molecule has 0 aliphatic heterocycles. The molecule has 0 aromatic heterocycles. The van der Waals surface area contributed by atoms with Gasteiger partial charge in [0.25, 0.3) is 0 Å². The minimum Gasteiger partial charge on any atom is -0.493 e. The van der Waals surface area contributed by atoms with Crippen LogP contribution in [-0.4, -0.2) is 26.9 Å². The van der Waals surface area contributed by atoms with E-state index in [-0.39, 0.29) is 0 Å². The molecule has 1 rings (SSSR count). The summed E-state index contributed by atoms with van der Waals surface area (Å²) in [6.45, 7) is 4.00. The second-order valence-corrected chi connectivity index (χ2v) is 5.04. The summed E-state index contributed by atoms with van der Waals surface area (Å²) in [5.41, 5.74) is 0.970. The molecular weight excluding hydrogens is 332 g/mol. The topological polar surface area (TPSA) is 27.7 Å². The van der Waals surface area contributed by atoms with E-state index in [1.54, 1.807) is 13.2 Å². The molecule has 3 nitrogen and oxygen atoms in total. The van der Waals surface area contributed by atoms with Gasteiger partial charge in [-0.2, -0.15) is 0 Å². The summed E-state index contributed by atoms with van der Waals surface area (Å²) in [6, 6.07) is 3.62. The van der Waals surface area contributed by atoms with Gasteiger partial charge in [-0.3, -0.25) is 0 Å². The predicted molar refractivity (Wildman–Crippen MR) is 81.9 cm³/mol. The summed E-state index contributed by atoms with van der Waals surface area (Å²) < 4.78 is 16.5. The zero-order valence-electron chi connectivity index (χ0n) is 11.4. The highest BCUT2D eigenvalue weighted by Gasteiger charge is 2.12. The normalized spacial score (nSPS) is 10.5. The SMILES string of the molecule is CCCCOCCOc1c(CBr)cc(Cl)cc1OC. The number of methoxy groups -OCH3 is 1. The Bertz CT molecular complexity index is 360. The van der Waals surface area contributed by atoms with Crippen LogP contribution in [0.3, 0.4) is 0 Å². The van der Waals surface area contributed by atoms with Crippen molar-refractivity contribution >= 4 is 27.5 Å². The maximum Gasteiger partial charge on any atom is 0.165 e. The number of unbranched alkanes of at least 4 members (excludes halogenated alkanes) is 1. The molecule has 0 amide bonds. The van der Waals surface area contributed by atoms with Crippen LogP contribution in [0.1, 0.15) is 25.3 Å². The fourth-order valence-corrected chi connectivity index (χ4v) is 2.24. The molecule has 5 heteroatoms. The summed E-state index contributed by atoms with van der Waals surface area (Å²) in [7, 11) is 1.61. The van der Waals surface area contributed by atoms with E-state index in [1.165, 1.54) is 0 Å². The lowest BCUT2D eigenvalue weighted by Gasteiger charge is -2.14.